The average Bonchev–Trinajstić information content (AvgIpc) is 3.48. The lowest BCUT2D eigenvalue weighted by Crippen LogP contribution is -2.37. The molecule has 2 aliphatic heterocycles. The van der Waals surface area contributed by atoms with Crippen LogP contribution in [0.15, 0.2) is 24.3 Å². The van der Waals surface area contributed by atoms with Crippen LogP contribution in [0.3, 0.4) is 0 Å². The van der Waals surface area contributed by atoms with Gasteiger partial charge in [-0.3, -0.25) is 9.59 Å². The highest BCUT2D eigenvalue weighted by atomic mass is 16.7. The normalized spacial score (nSPS) is 23.9. The predicted octanol–water partition coefficient (Wildman–Crippen LogP) is 3.62. The fourth-order valence-electron chi connectivity index (χ4n) is 5.21. The van der Waals surface area contributed by atoms with Crippen molar-refractivity contribution < 1.29 is 42.7 Å². The number of hydrogen-bond donors (Lipinski definition) is 0. The van der Waals surface area contributed by atoms with E-state index < -0.39 is 17.9 Å². The van der Waals surface area contributed by atoms with Gasteiger partial charge < -0.3 is 33.2 Å². The number of benzene rings is 2. The van der Waals surface area contributed by atoms with Gasteiger partial charge in [-0.25, -0.2) is 0 Å². The molecule has 0 unspecified atom stereocenters. The highest BCUT2D eigenvalue weighted by Crippen LogP contribution is 2.56. The summed E-state index contributed by atoms with van der Waals surface area (Å²) in [5.41, 5.74) is 2.34. The fourth-order valence-corrected chi connectivity index (χ4v) is 5.21. The first kappa shape index (κ1) is 23.1. The molecule has 5 rings (SSSR count). The molecule has 35 heavy (non-hydrogen) atoms. The summed E-state index contributed by atoms with van der Waals surface area (Å²) in [7, 11) is 4.62. The minimum Gasteiger partial charge on any atom is -0.493 e. The fraction of sp³-hybridized carbons (Fsp3) is 0.462. The second-order valence-electron chi connectivity index (χ2n) is 9.10. The lowest BCUT2D eigenvalue weighted by atomic mass is 9.66. The number of fused-ring (bicyclic) bond motifs is 3. The topological polar surface area (TPSA) is 98.8 Å². The van der Waals surface area contributed by atoms with Crippen molar-refractivity contribution in [2.75, 3.05) is 34.7 Å². The second kappa shape index (κ2) is 8.87. The number of carbonyl (C=O) groups is 2. The molecule has 4 atom stereocenters. The predicted molar refractivity (Wildman–Crippen MR) is 122 cm³/mol. The molecule has 0 aromatic heterocycles. The van der Waals surface area contributed by atoms with Gasteiger partial charge in [-0.1, -0.05) is 13.8 Å². The van der Waals surface area contributed by atoms with Crippen LogP contribution in [0.25, 0.3) is 0 Å². The lowest BCUT2D eigenvalue weighted by molar-refractivity contribution is -0.158. The van der Waals surface area contributed by atoms with Gasteiger partial charge in [0.1, 0.15) is 6.10 Å². The van der Waals surface area contributed by atoms with Crippen LogP contribution in [0, 0.1) is 17.8 Å². The number of carbonyl (C=O) groups excluding carboxylic acids is 2. The molecular weight excluding hydrogens is 456 g/mol. The van der Waals surface area contributed by atoms with E-state index in [2.05, 4.69) is 0 Å². The summed E-state index contributed by atoms with van der Waals surface area (Å²) in [5.74, 6) is 0.139. The summed E-state index contributed by atoms with van der Waals surface area (Å²) in [4.78, 5) is 25.8. The molecule has 0 amide bonds. The van der Waals surface area contributed by atoms with Crippen molar-refractivity contribution >= 4 is 11.9 Å². The third-order valence-electron chi connectivity index (χ3n) is 6.88. The van der Waals surface area contributed by atoms with Gasteiger partial charge in [0.25, 0.3) is 0 Å². The third-order valence-corrected chi connectivity index (χ3v) is 6.88. The molecule has 0 spiro atoms. The number of cyclic esters (lactones) is 1. The zero-order valence-corrected chi connectivity index (χ0v) is 20.3. The third kappa shape index (κ3) is 3.69. The molecule has 0 N–H and O–H groups in total. The summed E-state index contributed by atoms with van der Waals surface area (Å²) >= 11 is 0. The summed E-state index contributed by atoms with van der Waals surface area (Å²) in [5, 5.41) is 0. The van der Waals surface area contributed by atoms with Gasteiger partial charge in [0.15, 0.2) is 23.0 Å². The molecule has 2 aromatic rings. The first-order valence-electron chi connectivity index (χ1n) is 11.5. The van der Waals surface area contributed by atoms with Crippen LogP contribution in [-0.2, 0) is 19.1 Å². The van der Waals surface area contributed by atoms with E-state index in [1.807, 2.05) is 24.3 Å². The van der Waals surface area contributed by atoms with Crippen LogP contribution in [0.2, 0.25) is 0 Å². The van der Waals surface area contributed by atoms with Crippen LogP contribution >= 0.6 is 0 Å². The first-order chi connectivity index (χ1) is 16.9. The maximum Gasteiger partial charge on any atom is 0.310 e. The molecule has 2 heterocycles. The minimum absolute atomic E-state index is 0.0957. The molecule has 0 radical (unpaired) electrons. The van der Waals surface area contributed by atoms with E-state index in [-0.39, 0.29) is 37.2 Å². The van der Waals surface area contributed by atoms with E-state index in [1.54, 1.807) is 28.1 Å². The van der Waals surface area contributed by atoms with Crippen LogP contribution in [-0.4, -0.2) is 46.7 Å². The van der Waals surface area contributed by atoms with Crippen LogP contribution in [0.4, 0.5) is 0 Å². The van der Waals surface area contributed by atoms with E-state index in [1.165, 1.54) is 7.11 Å². The minimum atomic E-state index is -0.663. The van der Waals surface area contributed by atoms with Gasteiger partial charge in [-0.15, -0.1) is 0 Å². The van der Waals surface area contributed by atoms with Crippen LogP contribution < -0.4 is 23.7 Å². The summed E-state index contributed by atoms with van der Waals surface area (Å²) in [6.07, 6.45) is -0.663. The van der Waals surface area contributed by atoms with E-state index >= 15 is 0 Å². The Morgan fingerprint density at radius 2 is 1.54 bits per heavy atom. The van der Waals surface area contributed by atoms with Gasteiger partial charge in [-0.05, 0) is 35.4 Å². The Bertz CT molecular complexity index is 1150. The molecule has 9 nitrogen and oxygen atoms in total. The van der Waals surface area contributed by atoms with Crippen molar-refractivity contribution in [2.45, 2.75) is 25.9 Å². The molecule has 1 aliphatic carbocycles. The number of methoxy groups -OCH3 is 3. The summed E-state index contributed by atoms with van der Waals surface area (Å²) < 4.78 is 39.4. The average molecular weight is 485 g/mol. The lowest BCUT2D eigenvalue weighted by Gasteiger charge is -2.39. The van der Waals surface area contributed by atoms with Crippen molar-refractivity contribution in [3.8, 4) is 28.7 Å². The van der Waals surface area contributed by atoms with Crippen molar-refractivity contribution in [2.24, 2.45) is 17.8 Å². The Hall–Kier alpha value is -3.62. The van der Waals surface area contributed by atoms with Gasteiger partial charge in [0.2, 0.25) is 12.5 Å². The monoisotopic (exact) mass is 484 g/mol. The number of hydrogen-bond acceptors (Lipinski definition) is 9. The van der Waals surface area contributed by atoms with Crippen molar-refractivity contribution in [1.29, 1.82) is 0 Å². The molecule has 9 heteroatoms. The van der Waals surface area contributed by atoms with Gasteiger partial charge >= 0.3 is 11.9 Å². The smallest absolute Gasteiger partial charge is 0.310 e. The standard InChI is InChI=1S/C26H28O9/c1-12(2)25(27)35-23-15-9-18-17(33-11-34-18)8-14(15)21(22-16(23)10-32-26(22)28)13-6-19(29-3)24(31-5)20(7-13)30-4/h6-9,12,16,21-23H,10-11H2,1-5H3/t16-,21+,22-,23-/m0/s1. The molecule has 186 valence electrons. The molecule has 2 aromatic carbocycles. The molecule has 1 saturated heterocycles. The molecule has 0 saturated carbocycles. The SMILES string of the molecule is COc1cc([C@@H]2c3cc4c(cc3[C@H](OC(=O)C(C)C)[C@H]3COC(=O)[C@H]23)OCO4)cc(OC)c1OC. The van der Waals surface area contributed by atoms with Gasteiger partial charge in [0.05, 0.1) is 39.8 Å². The van der Waals surface area contributed by atoms with E-state index in [0.717, 1.165) is 16.7 Å². The highest BCUT2D eigenvalue weighted by molar-refractivity contribution is 5.79. The molecular formula is C26H28O9. The first-order valence-corrected chi connectivity index (χ1v) is 11.5. The Labute approximate surface area is 203 Å². The van der Waals surface area contributed by atoms with E-state index in [9.17, 15) is 9.59 Å². The molecule has 1 fully saturated rings. The van der Waals surface area contributed by atoms with E-state index in [0.29, 0.717) is 28.7 Å². The Balaban J connectivity index is 1.73. The van der Waals surface area contributed by atoms with E-state index in [4.69, 9.17) is 33.2 Å². The number of esters is 2. The van der Waals surface area contributed by atoms with Crippen molar-refractivity contribution in [3.63, 3.8) is 0 Å². The van der Waals surface area contributed by atoms with Crippen molar-refractivity contribution in [3.05, 3.63) is 41.0 Å². The zero-order valence-electron chi connectivity index (χ0n) is 20.3. The highest BCUT2D eigenvalue weighted by Gasteiger charge is 2.54. The van der Waals surface area contributed by atoms with Crippen LogP contribution in [0.1, 0.15) is 42.6 Å². The largest absolute Gasteiger partial charge is 0.493 e. The Kier molecular flexibility index (Phi) is 5.86. The second-order valence-corrected chi connectivity index (χ2v) is 9.10. The molecule has 3 aliphatic rings. The number of ether oxygens (including phenoxy) is 7. The van der Waals surface area contributed by atoms with Gasteiger partial charge in [0, 0.05) is 17.4 Å². The zero-order chi connectivity index (χ0) is 24.9. The van der Waals surface area contributed by atoms with Crippen LogP contribution in [0.5, 0.6) is 28.7 Å². The summed E-state index contributed by atoms with van der Waals surface area (Å²) in [6, 6.07) is 7.39. The maximum atomic E-state index is 13.1. The molecule has 0 bridgehead atoms. The quantitative estimate of drug-likeness (QED) is 0.569. The Morgan fingerprint density at radius 1 is 0.914 bits per heavy atom. The maximum absolute atomic E-state index is 13.1. The van der Waals surface area contributed by atoms with Gasteiger partial charge in [-0.2, -0.15) is 0 Å². The number of rotatable bonds is 6. The summed E-state index contributed by atoms with van der Waals surface area (Å²) in [6.45, 7) is 3.79. The van der Waals surface area contributed by atoms with Crippen molar-refractivity contribution in [1.82, 2.24) is 0 Å². The Morgan fingerprint density at radius 3 is 2.11 bits per heavy atom.